The van der Waals surface area contributed by atoms with Crippen molar-refractivity contribution in [3.63, 3.8) is 0 Å². The lowest BCUT2D eigenvalue weighted by Crippen LogP contribution is -2.29. The molecule has 2 aromatic carbocycles. The fourth-order valence-electron chi connectivity index (χ4n) is 3.55. The van der Waals surface area contributed by atoms with Crippen LogP contribution in [0.5, 0.6) is 5.75 Å². The third-order valence-corrected chi connectivity index (χ3v) is 5.27. The number of carbonyl (C=O) groups is 1. The first kappa shape index (κ1) is 21.5. The number of anilines is 1. The molecule has 158 valence electrons. The van der Waals surface area contributed by atoms with Gasteiger partial charge in [-0.05, 0) is 68.4 Å². The minimum atomic E-state index is -0.320. The van der Waals surface area contributed by atoms with Crippen molar-refractivity contribution in [2.75, 3.05) is 18.6 Å². The lowest BCUT2D eigenvalue weighted by molar-refractivity contribution is -0.123. The van der Waals surface area contributed by atoms with Gasteiger partial charge in [0.25, 0.3) is 5.91 Å². The molecule has 0 saturated heterocycles. The molecule has 1 aliphatic rings. The van der Waals surface area contributed by atoms with Crippen molar-refractivity contribution in [1.29, 1.82) is 0 Å². The van der Waals surface area contributed by atoms with Gasteiger partial charge < -0.3 is 10.2 Å². The number of nitrogens with zero attached hydrogens (tertiary/aromatic N) is 3. The summed E-state index contributed by atoms with van der Waals surface area (Å²) in [5, 5.41) is 29.3. The first-order valence-electron chi connectivity index (χ1n) is 10.1. The molecular weight excluding hydrogens is 380 g/mol. The Kier molecular flexibility index (Phi) is 6.84. The molecule has 0 aromatic heterocycles. The predicted molar refractivity (Wildman–Crippen MR) is 119 cm³/mol. The average molecular weight is 409 g/mol. The summed E-state index contributed by atoms with van der Waals surface area (Å²) in [5.74, 6) is -0.190. The molecule has 2 aromatic rings. The average Bonchev–Trinajstić information content (AvgIpc) is 2.99. The molecular formula is C23H28N4O3. The van der Waals surface area contributed by atoms with Crippen LogP contribution in [0.2, 0.25) is 0 Å². The van der Waals surface area contributed by atoms with Crippen molar-refractivity contribution in [2.24, 2.45) is 10.2 Å². The maximum atomic E-state index is 12.4. The molecule has 0 atom stereocenters. The molecule has 1 aliphatic heterocycles. The number of hydrogen-bond donors (Lipinski definition) is 3. The second kappa shape index (κ2) is 9.54. The Balaban J connectivity index is 1.72. The molecule has 7 heteroatoms. The number of nitrogens with one attached hydrogen (secondary N) is 1. The van der Waals surface area contributed by atoms with Crippen LogP contribution in [0.1, 0.15) is 35.6 Å². The summed E-state index contributed by atoms with van der Waals surface area (Å²) < 4.78 is 0. The fraction of sp³-hybridized carbons (Fsp3) is 0.348. The summed E-state index contributed by atoms with van der Waals surface area (Å²) in [7, 11) is 0. The largest absolute Gasteiger partial charge is 0.505 e. The van der Waals surface area contributed by atoms with Gasteiger partial charge in [0.2, 0.25) is 0 Å². The van der Waals surface area contributed by atoms with Crippen molar-refractivity contribution >= 4 is 23.0 Å². The van der Waals surface area contributed by atoms with E-state index < -0.39 is 0 Å². The van der Waals surface area contributed by atoms with Crippen molar-refractivity contribution in [2.45, 2.75) is 40.0 Å². The van der Waals surface area contributed by atoms with Crippen LogP contribution in [0.4, 0.5) is 5.69 Å². The summed E-state index contributed by atoms with van der Waals surface area (Å²) in [4.78, 5) is 12.4. The summed E-state index contributed by atoms with van der Waals surface area (Å²) in [6.07, 6.45) is 1.97. The monoisotopic (exact) mass is 408 g/mol. The molecule has 30 heavy (non-hydrogen) atoms. The molecule has 0 bridgehead atoms. The van der Waals surface area contributed by atoms with E-state index in [9.17, 15) is 9.90 Å². The van der Waals surface area contributed by atoms with Gasteiger partial charge in [-0.25, -0.2) is 5.01 Å². The normalized spacial score (nSPS) is 15.1. The number of hydrazone groups is 2. The van der Waals surface area contributed by atoms with Gasteiger partial charge in [-0.1, -0.05) is 30.3 Å². The molecule has 7 nitrogen and oxygen atoms in total. The van der Waals surface area contributed by atoms with Crippen LogP contribution in [-0.2, 0) is 17.6 Å². The van der Waals surface area contributed by atoms with E-state index in [1.54, 1.807) is 13.0 Å². The van der Waals surface area contributed by atoms with Gasteiger partial charge in [0, 0.05) is 13.2 Å². The Morgan fingerprint density at radius 2 is 1.77 bits per heavy atom. The SMILES string of the molecule is CC1=NN(CCCO)C(=O)/C1=N\Nc1cccc(CCc2c(C)cccc2C)c1O. The third-order valence-electron chi connectivity index (χ3n) is 5.27. The summed E-state index contributed by atoms with van der Waals surface area (Å²) in [5.41, 5.74) is 8.55. The van der Waals surface area contributed by atoms with E-state index in [0.29, 0.717) is 30.8 Å². The van der Waals surface area contributed by atoms with Crippen LogP contribution in [0.25, 0.3) is 0 Å². The van der Waals surface area contributed by atoms with Crippen LogP contribution in [0.15, 0.2) is 46.6 Å². The minimum Gasteiger partial charge on any atom is -0.505 e. The molecule has 0 spiro atoms. The lowest BCUT2D eigenvalue weighted by atomic mass is 9.96. The highest BCUT2D eigenvalue weighted by Crippen LogP contribution is 2.29. The van der Waals surface area contributed by atoms with E-state index in [0.717, 1.165) is 12.0 Å². The number of phenols is 1. The number of rotatable bonds is 8. The predicted octanol–water partition coefficient (Wildman–Crippen LogP) is 3.16. The van der Waals surface area contributed by atoms with Crippen LogP contribution < -0.4 is 5.43 Å². The minimum absolute atomic E-state index is 0.00817. The van der Waals surface area contributed by atoms with Gasteiger partial charge >= 0.3 is 0 Å². The van der Waals surface area contributed by atoms with Gasteiger partial charge in [-0.3, -0.25) is 10.2 Å². The summed E-state index contributed by atoms with van der Waals surface area (Å²) in [6, 6.07) is 11.7. The van der Waals surface area contributed by atoms with E-state index in [1.165, 1.54) is 21.7 Å². The number of hydrogen-bond acceptors (Lipinski definition) is 6. The Labute approximate surface area is 176 Å². The molecule has 3 N–H and O–H groups in total. The highest BCUT2D eigenvalue weighted by Gasteiger charge is 2.29. The summed E-state index contributed by atoms with van der Waals surface area (Å²) in [6.45, 7) is 6.24. The quantitative estimate of drug-likeness (QED) is 0.462. The van der Waals surface area contributed by atoms with Crippen LogP contribution in [0, 0.1) is 13.8 Å². The molecule has 0 saturated carbocycles. The second-order valence-electron chi connectivity index (χ2n) is 7.45. The molecule has 0 aliphatic carbocycles. The van der Waals surface area contributed by atoms with E-state index in [-0.39, 0.29) is 24.0 Å². The van der Waals surface area contributed by atoms with Gasteiger partial charge in [0.15, 0.2) is 5.71 Å². The fourth-order valence-corrected chi connectivity index (χ4v) is 3.55. The van der Waals surface area contributed by atoms with Crippen LogP contribution in [-0.4, -0.2) is 45.7 Å². The van der Waals surface area contributed by atoms with Crippen LogP contribution in [0.3, 0.4) is 0 Å². The Hall–Kier alpha value is -3.19. The third kappa shape index (κ3) is 4.68. The van der Waals surface area contributed by atoms with Crippen molar-refractivity contribution in [1.82, 2.24) is 5.01 Å². The van der Waals surface area contributed by atoms with E-state index >= 15 is 0 Å². The Morgan fingerprint density at radius 3 is 2.47 bits per heavy atom. The smallest absolute Gasteiger partial charge is 0.296 e. The zero-order valence-corrected chi connectivity index (χ0v) is 17.6. The maximum Gasteiger partial charge on any atom is 0.296 e. The van der Waals surface area contributed by atoms with Gasteiger partial charge in [0.05, 0.1) is 11.4 Å². The number of aromatic hydroxyl groups is 1. The number of amides is 1. The molecule has 1 amide bonds. The van der Waals surface area contributed by atoms with Crippen LogP contribution >= 0.6 is 0 Å². The van der Waals surface area contributed by atoms with Gasteiger partial charge in [-0.15, -0.1) is 0 Å². The first-order chi connectivity index (χ1) is 14.4. The molecule has 3 rings (SSSR count). The van der Waals surface area contributed by atoms with E-state index in [2.05, 4.69) is 47.7 Å². The number of aryl methyl sites for hydroxylation is 3. The highest BCUT2D eigenvalue weighted by atomic mass is 16.3. The highest BCUT2D eigenvalue weighted by molar-refractivity contribution is 6.68. The number of carbonyl (C=O) groups excluding carboxylic acids is 1. The molecule has 0 radical (unpaired) electrons. The zero-order valence-electron chi connectivity index (χ0n) is 17.6. The molecule has 0 unspecified atom stereocenters. The van der Waals surface area contributed by atoms with Gasteiger partial charge in [0.1, 0.15) is 5.75 Å². The number of phenolic OH excluding ortho intramolecular Hbond substituents is 1. The van der Waals surface area contributed by atoms with Crippen molar-refractivity contribution < 1.29 is 15.0 Å². The van der Waals surface area contributed by atoms with Crippen molar-refractivity contribution in [3.05, 3.63) is 58.7 Å². The lowest BCUT2D eigenvalue weighted by Gasteiger charge is -2.12. The second-order valence-corrected chi connectivity index (χ2v) is 7.45. The van der Waals surface area contributed by atoms with Gasteiger partial charge in [-0.2, -0.15) is 10.2 Å². The summed E-state index contributed by atoms with van der Waals surface area (Å²) >= 11 is 0. The number of benzene rings is 2. The Bertz CT molecular complexity index is 978. The topological polar surface area (TPSA) is 97.5 Å². The molecule has 1 heterocycles. The zero-order chi connectivity index (χ0) is 21.7. The van der Waals surface area contributed by atoms with E-state index in [1.807, 2.05) is 12.1 Å². The van der Waals surface area contributed by atoms with Crippen molar-refractivity contribution in [3.8, 4) is 5.75 Å². The Morgan fingerprint density at radius 1 is 1.07 bits per heavy atom. The standard InChI is InChI=1S/C23H28N4O3/c1-15-7-4-8-16(2)19(15)12-11-18-9-5-10-20(22(18)29)24-25-21-17(3)26-27(23(21)30)13-6-14-28/h4-5,7-10,24,28-29H,6,11-14H2,1-3H3/b25-21-. The number of aliphatic hydroxyl groups is 1. The van der Waals surface area contributed by atoms with E-state index in [4.69, 9.17) is 5.11 Å². The maximum absolute atomic E-state index is 12.4. The first-order valence-corrected chi connectivity index (χ1v) is 10.1. The number of aliphatic hydroxyl groups excluding tert-OH is 1. The molecule has 0 fully saturated rings. The number of para-hydroxylation sites is 1.